The normalized spacial score (nSPS) is 11.5. The second kappa shape index (κ2) is 7.96. The van der Waals surface area contributed by atoms with Crippen molar-refractivity contribution in [1.29, 1.82) is 0 Å². The summed E-state index contributed by atoms with van der Waals surface area (Å²) in [6.45, 7) is 2.76. The van der Waals surface area contributed by atoms with E-state index in [0.29, 0.717) is 15.0 Å². The monoisotopic (exact) mass is 398 g/mol. The summed E-state index contributed by atoms with van der Waals surface area (Å²) in [6.07, 6.45) is -0.697. The van der Waals surface area contributed by atoms with Crippen LogP contribution in [0.1, 0.15) is 19.0 Å². The number of nitrogens with zero attached hydrogens (tertiary/aromatic N) is 5. The van der Waals surface area contributed by atoms with Crippen molar-refractivity contribution in [1.82, 2.24) is 25.1 Å². The molecular weight excluding hydrogens is 385 g/mol. The maximum Gasteiger partial charge on any atom is 0.433 e. The molecule has 0 aromatic carbocycles. The number of anilines is 1. The zero-order valence-electron chi connectivity index (χ0n) is 13.5. The summed E-state index contributed by atoms with van der Waals surface area (Å²) in [7, 11) is 0. The van der Waals surface area contributed by atoms with Crippen LogP contribution in [0, 0.1) is 0 Å². The maximum absolute atomic E-state index is 13.2. The average molecular weight is 398 g/mol. The van der Waals surface area contributed by atoms with E-state index in [4.69, 9.17) is 0 Å². The second-order valence-electron chi connectivity index (χ2n) is 5.05. The van der Waals surface area contributed by atoms with Gasteiger partial charge in [-0.2, -0.15) is 13.2 Å². The van der Waals surface area contributed by atoms with Crippen LogP contribution >= 0.6 is 23.1 Å². The van der Waals surface area contributed by atoms with Crippen molar-refractivity contribution in [3.8, 4) is 11.4 Å². The fourth-order valence-corrected chi connectivity index (χ4v) is 3.62. The average Bonchev–Trinajstić information content (AvgIpc) is 3.07. The molecule has 3 aromatic heterocycles. The molecular formula is C15H13F3N6S2. The quantitative estimate of drug-likeness (QED) is 0.618. The molecule has 0 radical (unpaired) electrons. The van der Waals surface area contributed by atoms with Crippen LogP contribution in [0.4, 0.5) is 18.3 Å². The van der Waals surface area contributed by atoms with Crippen LogP contribution in [0.3, 0.4) is 0 Å². The molecule has 0 unspecified atom stereocenters. The topological polar surface area (TPSA) is 76.5 Å². The minimum absolute atomic E-state index is 0.0152. The van der Waals surface area contributed by atoms with Crippen molar-refractivity contribution in [3.63, 3.8) is 0 Å². The van der Waals surface area contributed by atoms with Crippen molar-refractivity contribution in [2.45, 2.75) is 28.9 Å². The van der Waals surface area contributed by atoms with Gasteiger partial charge in [-0.1, -0.05) is 18.3 Å². The predicted octanol–water partition coefficient (Wildman–Crippen LogP) is 4.38. The lowest BCUT2D eigenvalue weighted by molar-refractivity contribution is -0.141. The summed E-state index contributed by atoms with van der Waals surface area (Å²) in [4.78, 5) is 11.7. The smallest absolute Gasteiger partial charge is 0.360 e. The van der Waals surface area contributed by atoms with Crippen molar-refractivity contribution >= 4 is 28.2 Å². The lowest BCUT2D eigenvalue weighted by atomic mass is 10.2. The molecule has 1 N–H and O–H groups in total. The molecule has 26 heavy (non-hydrogen) atoms. The number of alkyl halides is 3. The van der Waals surface area contributed by atoms with Gasteiger partial charge in [0.1, 0.15) is 10.7 Å². The molecule has 0 atom stereocenters. The molecule has 6 nitrogen and oxygen atoms in total. The Balaban J connectivity index is 1.92. The first-order chi connectivity index (χ1) is 12.5. The molecule has 0 saturated heterocycles. The molecule has 11 heteroatoms. The lowest BCUT2D eigenvalue weighted by Gasteiger charge is -2.09. The van der Waals surface area contributed by atoms with Gasteiger partial charge >= 0.3 is 6.18 Å². The molecule has 0 spiro atoms. The molecule has 0 fully saturated rings. The van der Waals surface area contributed by atoms with Gasteiger partial charge in [-0.3, -0.25) is 4.98 Å². The van der Waals surface area contributed by atoms with E-state index in [1.165, 1.54) is 23.7 Å². The Hall–Kier alpha value is -2.27. The van der Waals surface area contributed by atoms with E-state index in [-0.39, 0.29) is 10.9 Å². The van der Waals surface area contributed by atoms with Crippen LogP contribution in [0.2, 0.25) is 0 Å². The molecule has 3 aromatic rings. The standard InChI is InChI=1S/C15H13F3N6S2/c1-2-5-20-13-23-24-14(26-13)25-11-8-10(15(16,17)18)21-12(22-11)9-3-6-19-7-4-9/h3-4,6-8H,2,5H2,1H3,(H,20,23). The Kier molecular flexibility index (Phi) is 5.67. The van der Waals surface area contributed by atoms with Crippen molar-refractivity contribution in [2.24, 2.45) is 0 Å². The molecule has 0 amide bonds. The third kappa shape index (κ3) is 4.67. The summed E-state index contributed by atoms with van der Waals surface area (Å²) in [6, 6.07) is 4.03. The van der Waals surface area contributed by atoms with Crippen molar-refractivity contribution in [2.75, 3.05) is 11.9 Å². The van der Waals surface area contributed by atoms with Crippen LogP contribution < -0.4 is 5.32 Å². The molecule has 0 aliphatic carbocycles. The van der Waals surface area contributed by atoms with Crippen LogP contribution in [-0.4, -0.2) is 31.7 Å². The first-order valence-electron chi connectivity index (χ1n) is 7.57. The number of halogens is 3. The van der Waals surface area contributed by atoms with Gasteiger partial charge in [0, 0.05) is 30.6 Å². The Morgan fingerprint density at radius 1 is 1.15 bits per heavy atom. The third-order valence-electron chi connectivity index (χ3n) is 3.06. The van der Waals surface area contributed by atoms with Gasteiger partial charge < -0.3 is 5.32 Å². The number of hydrogen-bond donors (Lipinski definition) is 1. The summed E-state index contributed by atoms with van der Waals surface area (Å²) in [5, 5.41) is 11.8. The largest absolute Gasteiger partial charge is 0.433 e. The Morgan fingerprint density at radius 3 is 2.62 bits per heavy atom. The molecule has 0 bridgehead atoms. The highest BCUT2D eigenvalue weighted by molar-refractivity contribution is 8.01. The second-order valence-corrected chi connectivity index (χ2v) is 7.30. The zero-order valence-corrected chi connectivity index (χ0v) is 15.1. The molecule has 3 rings (SSSR count). The maximum atomic E-state index is 13.2. The number of nitrogens with one attached hydrogen (secondary N) is 1. The van der Waals surface area contributed by atoms with E-state index in [1.807, 2.05) is 6.92 Å². The summed E-state index contributed by atoms with van der Waals surface area (Å²) in [5.41, 5.74) is -0.550. The highest BCUT2D eigenvalue weighted by Gasteiger charge is 2.34. The number of rotatable bonds is 6. The third-order valence-corrected chi connectivity index (χ3v) is 4.91. The number of aromatic nitrogens is 5. The summed E-state index contributed by atoms with van der Waals surface area (Å²) < 4.78 is 40.1. The zero-order chi connectivity index (χ0) is 18.6. The fraction of sp³-hybridized carbons (Fsp3) is 0.267. The lowest BCUT2D eigenvalue weighted by Crippen LogP contribution is -2.10. The first kappa shape index (κ1) is 18.5. The van der Waals surface area contributed by atoms with Crippen LogP contribution in [0.5, 0.6) is 0 Å². The Labute approximate surface area is 155 Å². The van der Waals surface area contributed by atoms with E-state index >= 15 is 0 Å². The van der Waals surface area contributed by atoms with Gasteiger partial charge in [-0.15, -0.1) is 10.2 Å². The van der Waals surface area contributed by atoms with Gasteiger partial charge in [-0.05, 0) is 30.3 Å². The summed E-state index contributed by atoms with van der Waals surface area (Å²) >= 11 is 2.28. The van der Waals surface area contributed by atoms with Gasteiger partial charge in [0.2, 0.25) is 5.13 Å². The Morgan fingerprint density at radius 2 is 1.92 bits per heavy atom. The molecule has 136 valence electrons. The minimum Gasteiger partial charge on any atom is -0.360 e. The van der Waals surface area contributed by atoms with E-state index in [1.54, 1.807) is 12.1 Å². The van der Waals surface area contributed by atoms with Crippen LogP contribution in [0.25, 0.3) is 11.4 Å². The van der Waals surface area contributed by atoms with E-state index in [2.05, 4.69) is 30.5 Å². The van der Waals surface area contributed by atoms with Crippen LogP contribution in [0.15, 0.2) is 40.0 Å². The molecule has 0 aliphatic rings. The van der Waals surface area contributed by atoms with Crippen molar-refractivity contribution in [3.05, 3.63) is 36.3 Å². The highest BCUT2D eigenvalue weighted by Crippen LogP contribution is 2.35. The molecule has 0 saturated carbocycles. The van der Waals surface area contributed by atoms with E-state index < -0.39 is 11.9 Å². The van der Waals surface area contributed by atoms with Gasteiger partial charge in [0.25, 0.3) is 0 Å². The molecule has 3 heterocycles. The molecule has 0 aliphatic heterocycles. The highest BCUT2D eigenvalue weighted by atomic mass is 32.2. The fourth-order valence-electron chi connectivity index (χ4n) is 1.90. The minimum atomic E-state index is -4.57. The van der Waals surface area contributed by atoms with Crippen molar-refractivity contribution < 1.29 is 13.2 Å². The Bertz CT molecular complexity index is 869. The predicted molar refractivity (Wildman–Crippen MR) is 93.1 cm³/mol. The van der Waals surface area contributed by atoms with Gasteiger partial charge in [0.05, 0.1) is 0 Å². The van der Waals surface area contributed by atoms with E-state index in [0.717, 1.165) is 30.8 Å². The van der Waals surface area contributed by atoms with E-state index in [9.17, 15) is 13.2 Å². The van der Waals surface area contributed by atoms with Gasteiger partial charge in [-0.25, -0.2) is 9.97 Å². The number of hydrogen-bond acceptors (Lipinski definition) is 8. The SMILES string of the molecule is CCCNc1nnc(Sc2cc(C(F)(F)F)nc(-c3ccncc3)n2)s1. The number of pyridine rings is 1. The summed E-state index contributed by atoms with van der Waals surface area (Å²) in [5.74, 6) is -0.0152. The van der Waals surface area contributed by atoms with Gasteiger partial charge in [0.15, 0.2) is 10.2 Å². The van der Waals surface area contributed by atoms with Crippen LogP contribution in [-0.2, 0) is 6.18 Å². The first-order valence-corrected chi connectivity index (χ1v) is 9.21.